The van der Waals surface area contributed by atoms with Gasteiger partial charge < -0.3 is 24.6 Å². The van der Waals surface area contributed by atoms with E-state index in [0.29, 0.717) is 16.5 Å². The maximum Gasteiger partial charge on any atom is 0.316 e. The number of amides is 2. The van der Waals surface area contributed by atoms with Crippen LogP contribution in [-0.2, 0) is 11.3 Å². The number of ether oxygens (including phenoxy) is 2. The molecule has 0 aliphatic heterocycles. The van der Waals surface area contributed by atoms with E-state index in [2.05, 4.69) is 25.9 Å². The van der Waals surface area contributed by atoms with Crippen molar-refractivity contribution in [2.45, 2.75) is 6.54 Å². The Morgan fingerprint density at radius 2 is 1.90 bits per heavy atom. The monoisotopic (exact) mass is 434 g/mol. The van der Waals surface area contributed by atoms with Crippen molar-refractivity contribution in [2.24, 2.45) is 0 Å². The third-order valence-corrected chi connectivity index (χ3v) is 3.92. The number of methoxy groups -OCH3 is 1. The molecule has 0 aliphatic rings. The van der Waals surface area contributed by atoms with Crippen LogP contribution in [0.3, 0.4) is 0 Å². The molecule has 2 heterocycles. The second-order valence-electron chi connectivity index (χ2n) is 5.94. The summed E-state index contributed by atoms with van der Waals surface area (Å²) in [6.07, 6.45) is 3.07. The summed E-state index contributed by atoms with van der Waals surface area (Å²) in [5, 5.41) is 13.4. The minimum atomic E-state index is -0.545. The van der Waals surface area contributed by atoms with E-state index in [-0.39, 0.29) is 43.9 Å². The molecule has 3 rings (SSSR count). The Kier molecular flexibility index (Phi) is 7.22. The van der Waals surface area contributed by atoms with Crippen molar-refractivity contribution in [3.63, 3.8) is 0 Å². The molecule has 0 saturated carbocycles. The van der Waals surface area contributed by atoms with Crippen molar-refractivity contribution < 1.29 is 23.6 Å². The van der Waals surface area contributed by atoms with E-state index in [9.17, 15) is 9.59 Å². The van der Waals surface area contributed by atoms with Gasteiger partial charge in [0, 0.05) is 19.3 Å². The summed E-state index contributed by atoms with van der Waals surface area (Å²) >= 11 is 5.78. The topological polar surface area (TPSA) is 133 Å². The van der Waals surface area contributed by atoms with Crippen molar-refractivity contribution in [3.8, 4) is 11.5 Å². The molecule has 12 heteroatoms. The number of benzene rings is 1. The summed E-state index contributed by atoms with van der Waals surface area (Å²) in [6, 6.07) is 6.86. The van der Waals surface area contributed by atoms with E-state index in [4.69, 9.17) is 25.6 Å². The SMILES string of the molecule is COc1ccc(OCC(=O)NCCNC(=O)c2nc(Cn3cc(Cl)cn3)no2)cc1. The first-order valence-corrected chi connectivity index (χ1v) is 9.23. The van der Waals surface area contributed by atoms with E-state index in [1.807, 2.05) is 0 Å². The van der Waals surface area contributed by atoms with Gasteiger partial charge in [0.2, 0.25) is 0 Å². The van der Waals surface area contributed by atoms with Gasteiger partial charge in [0.25, 0.3) is 5.91 Å². The van der Waals surface area contributed by atoms with Gasteiger partial charge in [-0.15, -0.1) is 0 Å². The lowest BCUT2D eigenvalue weighted by atomic mass is 10.3. The number of carbonyl (C=O) groups excluding carboxylic acids is 2. The summed E-state index contributed by atoms with van der Waals surface area (Å²) in [4.78, 5) is 27.8. The lowest BCUT2D eigenvalue weighted by molar-refractivity contribution is -0.123. The van der Waals surface area contributed by atoms with Gasteiger partial charge in [-0.3, -0.25) is 14.3 Å². The van der Waals surface area contributed by atoms with E-state index in [1.165, 1.54) is 10.9 Å². The van der Waals surface area contributed by atoms with Gasteiger partial charge in [0.15, 0.2) is 12.4 Å². The fraction of sp³-hybridized carbons (Fsp3) is 0.278. The Balaban J connectivity index is 1.33. The molecule has 0 aliphatic carbocycles. The van der Waals surface area contributed by atoms with Crippen LogP contribution in [0.25, 0.3) is 0 Å². The second kappa shape index (κ2) is 10.3. The van der Waals surface area contributed by atoms with Gasteiger partial charge in [-0.05, 0) is 24.3 Å². The summed E-state index contributed by atoms with van der Waals surface area (Å²) < 4.78 is 16.8. The summed E-state index contributed by atoms with van der Waals surface area (Å²) in [5.74, 6) is 0.473. The molecule has 0 unspecified atom stereocenters. The summed E-state index contributed by atoms with van der Waals surface area (Å²) in [5.41, 5.74) is 0. The third-order valence-electron chi connectivity index (χ3n) is 3.73. The molecule has 0 saturated heterocycles. The minimum Gasteiger partial charge on any atom is -0.497 e. The van der Waals surface area contributed by atoms with Gasteiger partial charge in [-0.1, -0.05) is 16.8 Å². The zero-order valence-corrected chi connectivity index (χ0v) is 16.8. The Morgan fingerprint density at radius 1 is 1.17 bits per heavy atom. The third kappa shape index (κ3) is 6.21. The number of aromatic nitrogens is 4. The second-order valence-corrected chi connectivity index (χ2v) is 6.38. The summed E-state index contributed by atoms with van der Waals surface area (Å²) in [6.45, 7) is 0.460. The highest BCUT2D eigenvalue weighted by Crippen LogP contribution is 2.16. The van der Waals surface area contributed by atoms with E-state index < -0.39 is 5.91 Å². The zero-order valence-electron chi connectivity index (χ0n) is 16.0. The van der Waals surface area contributed by atoms with Crippen molar-refractivity contribution in [3.05, 3.63) is 53.4 Å². The highest BCUT2D eigenvalue weighted by Gasteiger charge is 2.15. The van der Waals surface area contributed by atoms with Crippen LogP contribution < -0.4 is 20.1 Å². The van der Waals surface area contributed by atoms with Crippen molar-refractivity contribution >= 4 is 23.4 Å². The van der Waals surface area contributed by atoms with Gasteiger partial charge in [0.05, 0.1) is 18.3 Å². The molecule has 11 nitrogen and oxygen atoms in total. The number of halogens is 1. The highest BCUT2D eigenvalue weighted by molar-refractivity contribution is 6.30. The Morgan fingerprint density at radius 3 is 2.60 bits per heavy atom. The van der Waals surface area contributed by atoms with E-state index >= 15 is 0 Å². The lowest BCUT2D eigenvalue weighted by Gasteiger charge is -2.08. The molecule has 1 aromatic carbocycles. The van der Waals surface area contributed by atoms with Crippen LogP contribution in [0, 0.1) is 0 Å². The maximum absolute atomic E-state index is 12.0. The van der Waals surface area contributed by atoms with Crippen LogP contribution >= 0.6 is 11.6 Å². The highest BCUT2D eigenvalue weighted by atomic mass is 35.5. The van der Waals surface area contributed by atoms with Gasteiger partial charge in [-0.25, -0.2) is 0 Å². The fourth-order valence-corrected chi connectivity index (χ4v) is 2.46. The first-order chi connectivity index (χ1) is 14.5. The molecule has 0 radical (unpaired) electrons. The van der Waals surface area contributed by atoms with Crippen LogP contribution in [0.15, 0.2) is 41.2 Å². The summed E-state index contributed by atoms with van der Waals surface area (Å²) in [7, 11) is 1.57. The molecular formula is C18H19ClN6O5. The Hall–Kier alpha value is -3.60. The molecule has 30 heavy (non-hydrogen) atoms. The van der Waals surface area contributed by atoms with Crippen LogP contribution in [0.5, 0.6) is 11.5 Å². The first kappa shape index (κ1) is 21.1. The quantitative estimate of drug-likeness (QED) is 0.449. The molecule has 0 fully saturated rings. The lowest BCUT2D eigenvalue weighted by Crippen LogP contribution is -2.36. The number of hydrogen-bond acceptors (Lipinski definition) is 8. The average molecular weight is 435 g/mol. The van der Waals surface area contributed by atoms with Crippen molar-refractivity contribution in [1.82, 2.24) is 30.6 Å². The van der Waals surface area contributed by atoms with Crippen molar-refractivity contribution in [1.29, 1.82) is 0 Å². The predicted octanol–water partition coefficient (Wildman–Crippen LogP) is 0.901. The number of carbonyl (C=O) groups is 2. The predicted molar refractivity (Wildman–Crippen MR) is 104 cm³/mol. The van der Waals surface area contributed by atoms with Gasteiger partial charge >= 0.3 is 11.8 Å². The normalized spacial score (nSPS) is 10.5. The number of nitrogens with zero attached hydrogens (tertiary/aromatic N) is 4. The number of nitrogens with one attached hydrogen (secondary N) is 2. The van der Waals surface area contributed by atoms with Crippen molar-refractivity contribution in [2.75, 3.05) is 26.8 Å². The minimum absolute atomic E-state index is 0.148. The smallest absolute Gasteiger partial charge is 0.316 e. The Bertz CT molecular complexity index is 987. The molecule has 158 valence electrons. The standard InChI is InChI=1S/C18H19ClN6O5/c1-28-13-2-4-14(5-3-13)29-11-16(26)20-6-7-21-17(27)18-23-15(24-30-18)10-25-9-12(19)8-22-25/h2-5,8-9H,6-7,10-11H2,1H3,(H,20,26)(H,21,27). The van der Waals surface area contributed by atoms with Crippen LogP contribution in [0.1, 0.15) is 16.5 Å². The molecule has 0 spiro atoms. The molecule has 0 bridgehead atoms. The van der Waals surface area contributed by atoms with E-state index in [0.717, 1.165) is 0 Å². The number of rotatable bonds is 10. The zero-order chi connectivity index (χ0) is 21.3. The molecule has 3 aromatic rings. The van der Waals surface area contributed by atoms with E-state index in [1.54, 1.807) is 37.6 Å². The van der Waals surface area contributed by atoms with Crippen LogP contribution in [-0.4, -0.2) is 58.5 Å². The Labute approximate surface area is 176 Å². The maximum atomic E-state index is 12.0. The fourth-order valence-electron chi connectivity index (χ4n) is 2.31. The van der Waals surface area contributed by atoms with Crippen LogP contribution in [0.2, 0.25) is 5.02 Å². The largest absolute Gasteiger partial charge is 0.497 e. The van der Waals surface area contributed by atoms with Gasteiger partial charge in [-0.2, -0.15) is 10.1 Å². The van der Waals surface area contributed by atoms with Gasteiger partial charge in [0.1, 0.15) is 18.0 Å². The molecule has 2 aromatic heterocycles. The van der Waals surface area contributed by atoms with Crippen LogP contribution in [0.4, 0.5) is 0 Å². The molecule has 0 atom stereocenters. The molecule has 2 N–H and O–H groups in total. The average Bonchev–Trinajstić information content (AvgIpc) is 3.39. The first-order valence-electron chi connectivity index (χ1n) is 8.86. The molecular weight excluding hydrogens is 416 g/mol. The number of hydrogen-bond donors (Lipinski definition) is 2. The molecule has 2 amide bonds.